The van der Waals surface area contributed by atoms with Gasteiger partial charge in [0.15, 0.2) is 5.13 Å². The van der Waals surface area contributed by atoms with Crippen LogP contribution in [0.2, 0.25) is 0 Å². The van der Waals surface area contributed by atoms with E-state index in [0.717, 1.165) is 47.1 Å². The number of carbonyl (C=O) groups is 2. The summed E-state index contributed by atoms with van der Waals surface area (Å²) in [4.78, 5) is 39.1. The Labute approximate surface area is 186 Å². The van der Waals surface area contributed by atoms with Crippen molar-refractivity contribution >= 4 is 44.3 Å². The zero-order chi connectivity index (χ0) is 21.6. The van der Waals surface area contributed by atoms with Crippen molar-refractivity contribution in [2.24, 2.45) is 0 Å². The van der Waals surface area contributed by atoms with Crippen molar-refractivity contribution in [3.63, 3.8) is 0 Å². The number of nitrogens with one attached hydrogen (secondary N) is 1. The summed E-state index contributed by atoms with van der Waals surface area (Å²) in [5.74, 6) is -0.0923. The maximum absolute atomic E-state index is 12.7. The number of nitrogens with zero attached hydrogens (tertiary/aromatic N) is 4. The fourth-order valence-corrected chi connectivity index (χ4v) is 4.68. The van der Waals surface area contributed by atoms with Gasteiger partial charge in [0.25, 0.3) is 0 Å². The summed E-state index contributed by atoms with van der Waals surface area (Å²) < 4.78 is 0. The number of thiazole rings is 1. The monoisotopic (exact) mass is 437 g/mol. The fraction of sp³-hybridized carbons (Fsp3) is 0.391. The molecule has 0 spiro atoms. The summed E-state index contributed by atoms with van der Waals surface area (Å²) in [6.07, 6.45) is 4.00. The van der Waals surface area contributed by atoms with Crippen LogP contribution < -0.4 is 10.2 Å². The number of hydrogen-bond acceptors (Lipinski definition) is 6. The standard InChI is InChI=1S/C23H27N5O2S/c1-2-17-6-3-7-18(16-17)25-20(29)9-10-21(30)27-12-5-13-28(15-14-27)23-26-19-8-4-11-24-22(19)31-23/h3-4,6-8,11,16H,2,5,9-10,12-15H2,1H3,(H,25,29). The summed E-state index contributed by atoms with van der Waals surface area (Å²) in [6.45, 7) is 5.02. The molecule has 7 nitrogen and oxygen atoms in total. The Balaban J connectivity index is 1.27. The molecule has 1 fully saturated rings. The van der Waals surface area contributed by atoms with E-state index in [0.29, 0.717) is 13.1 Å². The van der Waals surface area contributed by atoms with Gasteiger partial charge in [-0.2, -0.15) is 0 Å². The Morgan fingerprint density at radius 2 is 2.00 bits per heavy atom. The van der Waals surface area contributed by atoms with E-state index in [-0.39, 0.29) is 24.7 Å². The van der Waals surface area contributed by atoms with Gasteiger partial charge in [-0.05, 0) is 42.7 Å². The van der Waals surface area contributed by atoms with Crippen molar-refractivity contribution in [1.29, 1.82) is 0 Å². The number of benzene rings is 1. The third kappa shape index (κ3) is 5.38. The minimum Gasteiger partial charge on any atom is -0.346 e. The lowest BCUT2D eigenvalue weighted by Gasteiger charge is -2.21. The highest BCUT2D eigenvalue weighted by molar-refractivity contribution is 7.21. The molecule has 0 radical (unpaired) electrons. The Kier molecular flexibility index (Phi) is 6.76. The van der Waals surface area contributed by atoms with Gasteiger partial charge in [0, 0.05) is 50.9 Å². The lowest BCUT2D eigenvalue weighted by atomic mass is 10.1. The van der Waals surface area contributed by atoms with Gasteiger partial charge < -0.3 is 15.1 Å². The van der Waals surface area contributed by atoms with Crippen LogP contribution >= 0.6 is 11.3 Å². The molecule has 0 bridgehead atoms. The SMILES string of the molecule is CCc1cccc(NC(=O)CCC(=O)N2CCCN(c3nc4cccnc4s3)CC2)c1. The lowest BCUT2D eigenvalue weighted by Crippen LogP contribution is -2.35. The van der Waals surface area contributed by atoms with E-state index >= 15 is 0 Å². The smallest absolute Gasteiger partial charge is 0.224 e. The zero-order valence-corrected chi connectivity index (χ0v) is 18.5. The third-order valence-electron chi connectivity index (χ3n) is 5.46. The van der Waals surface area contributed by atoms with Crippen molar-refractivity contribution in [2.45, 2.75) is 32.6 Å². The summed E-state index contributed by atoms with van der Waals surface area (Å²) in [5, 5.41) is 3.85. The highest BCUT2D eigenvalue weighted by atomic mass is 32.1. The molecule has 0 saturated carbocycles. The maximum Gasteiger partial charge on any atom is 0.224 e. The predicted octanol–water partition coefficient (Wildman–Crippen LogP) is 3.71. The molecule has 2 aromatic heterocycles. The predicted molar refractivity (Wildman–Crippen MR) is 125 cm³/mol. The Morgan fingerprint density at radius 1 is 1.10 bits per heavy atom. The Hall–Kier alpha value is -3.00. The van der Waals surface area contributed by atoms with Crippen molar-refractivity contribution in [1.82, 2.24) is 14.9 Å². The van der Waals surface area contributed by atoms with Gasteiger partial charge in [-0.3, -0.25) is 9.59 Å². The average molecular weight is 438 g/mol. The van der Waals surface area contributed by atoms with Crippen LogP contribution in [-0.4, -0.2) is 52.9 Å². The van der Waals surface area contributed by atoms with Crippen molar-refractivity contribution in [2.75, 3.05) is 36.4 Å². The van der Waals surface area contributed by atoms with E-state index < -0.39 is 0 Å². The minimum absolute atomic E-state index is 0.0327. The van der Waals surface area contributed by atoms with E-state index in [9.17, 15) is 9.59 Å². The maximum atomic E-state index is 12.7. The lowest BCUT2D eigenvalue weighted by molar-refractivity contribution is -0.132. The first-order chi connectivity index (χ1) is 15.1. The fourth-order valence-electron chi connectivity index (χ4n) is 3.72. The van der Waals surface area contributed by atoms with Crippen LogP contribution in [0.15, 0.2) is 42.6 Å². The van der Waals surface area contributed by atoms with Gasteiger partial charge in [0.2, 0.25) is 11.8 Å². The van der Waals surface area contributed by atoms with E-state index in [4.69, 9.17) is 0 Å². The van der Waals surface area contributed by atoms with Crippen molar-refractivity contribution in [3.05, 3.63) is 48.2 Å². The third-order valence-corrected chi connectivity index (χ3v) is 6.50. The zero-order valence-electron chi connectivity index (χ0n) is 17.7. The molecule has 1 aliphatic rings. The number of rotatable bonds is 6. The number of aromatic nitrogens is 2. The molecule has 31 heavy (non-hydrogen) atoms. The molecular weight excluding hydrogens is 410 g/mol. The van der Waals surface area contributed by atoms with Gasteiger partial charge in [-0.25, -0.2) is 9.97 Å². The Morgan fingerprint density at radius 3 is 2.84 bits per heavy atom. The topological polar surface area (TPSA) is 78.4 Å². The van der Waals surface area contributed by atoms with Gasteiger partial charge in [-0.15, -0.1) is 0 Å². The van der Waals surface area contributed by atoms with E-state index in [1.54, 1.807) is 17.5 Å². The molecular formula is C23H27N5O2S. The Bertz CT molecular complexity index is 1030. The first-order valence-electron chi connectivity index (χ1n) is 10.8. The highest BCUT2D eigenvalue weighted by Gasteiger charge is 2.21. The molecule has 4 rings (SSSR count). The van der Waals surface area contributed by atoms with Crippen LogP contribution in [0, 0.1) is 0 Å². The molecule has 0 unspecified atom stereocenters. The summed E-state index contributed by atoms with van der Waals surface area (Å²) in [6, 6.07) is 11.7. The molecule has 1 aromatic carbocycles. The molecule has 3 heterocycles. The number of anilines is 2. The van der Waals surface area contributed by atoms with Crippen molar-refractivity contribution in [3.8, 4) is 0 Å². The second-order valence-corrected chi connectivity index (χ2v) is 8.60. The average Bonchev–Trinajstić information content (AvgIpc) is 3.07. The van der Waals surface area contributed by atoms with E-state index in [1.165, 1.54) is 5.56 Å². The van der Waals surface area contributed by atoms with Crippen LogP contribution in [0.25, 0.3) is 10.3 Å². The van der Waals surface area contributed by atoms with E-state index in [1.807, 2.05) is 41.3 Å². The van der Waals surface area contributed by atoms with Crippen LogP contribution in [0.4, 0.5) is 10.8 Å². The number of hydrogen-bond donors (Lipinski definition) is 1. The van der Waals surface area contributed by atoms with Gasteiger partial charge >= 0.3 is 0 Å². The molecule has 1 saturated heterocycles. The molecule has 3 aromatic rings. The molecule has 162 valence electrons. The molecule has 0 atom stereocenters. The highest BCUT2D eigenvalue weighted by Crippen LogP contribution is 2.27. The van der Waals surface area contributed by atoms with Gasteiger partial charge in [0.1, 0.15) is 10.3 Å². The number of fused-ring (bicyclic) bond motifs is 1. The summed E-state index contributed by atoms with van der Waals surface area (Å²) in [7, 11) is 0. The number of carbonyl (C=O) groups excluding carboxylic acids is 2. The normalized spacial score (nSPS) is 14.5. The number of amides is 2. The summed E-state index contributed by atoms with van der Waals surface area (Å²) >= 11 is 1.59. The summed E-state index contributed by atoms with van der Waals surface area (Å²) in [5.41, 5.74) is 2.87. The molecule has 1 aliphatic heterocycles. The molecule has 8 heteroatoms. The molecule has 0 aliphatic carbocycles. The van der Waals surface area contributed by atoms with Gasteiger partial charge in [0.05, 0.1) is 0 Å². The molecule has 1 N–H and O–H groups in total. The minimum atomic E-state index is -0.125. The van der Waals surface area contributed by atoms with Crippen LogP contribution in [0.5, 0.6) is 0 Å². The quantitative estimate of drug-likeness (QED) is 0.636. The van der Waals surface area contributed by atoms with Crippen LogP contribution in [0.1, 0.15) is 31.7 Å². The first kappa shape index (κ1) is 21.2. The van der Waals surface area contributed by atoms with Gasteiger partial charge in [-0.1, -0.05) is 30.4 Å². The number of aryl methyl sites for hydroxylation is 1. The van der Waals surface area contributed by atoms with Crippen molar-refractivity contribution < 1.29 is 9.59 Å². The van der Waals surface area contributed by atoms with Crippen LogP contribution in [-0.2, 0) is 16.0 Å². The second-order valence-electron chi connectivity index (χ2n) is 7.65. The first-order valence-corrected chi connectivity index (χ1v) is 11.6. The van der Waals surface area contributed by atoms with Crippen LogP contribution in [0.3, 0.4) is 0 Å². The largest absolute Gasteiger partial charge is 0.346 e. The number of pyridine rings is 1. The van der Waals surface area contributed by atoms with E-state index in [2.05, 4.69) is 27.1 Å². The molecule has 2 amide bonds. The second kappa shape index (κ2) is 9.87.